The van der Waals surface area contributed by atoms with E-state index in [2.05, 4.69) is 20.9 Å². The summed E-state index contributed by atoms with van der Waals surface area (Å²) >= 11 is 1.40. The second-order valence-electron chi connectivity index (χ2n) is 8.01. The smallest absolute Gasteiger partial charge is 0.240 e. The number of amides is 1. The van der Waals surface area contributed by atoms with Gasteiger partial charge in [0.1, 0.15) is 11.0 Å². The van der Waals surface area contributed by atoms with Gasteiger partial charge in [-0.3, -0.25) is 4.79 Å². The largest absolute Gasteiger partial charge is 0.494 e. The summed E-state index contributed by atoms with van der Waals surface area (Å²) < 4.78 is 7.47. The topological polar surface area (TPSA) is 81.1 Å². The normalized spacial score (nSPS) is 16.9. The number of rotatable bonds is 6. The molecule has 2 atom stereocenters. The van der Waals surface area contributed by atoms with E-state index in [0.717, 1.165) is 28.1 Å². The van der Waals surface area contributed by atoms with Gasteiger partial charge < -0.3 is 15.5 Å². The molecule has 0 radical (unpaired) electrons. The van der Waals surface area contributed by atoms with Gasteiger partial charge in [0.25, 0.3) is 0 Å². The maximum atomic E-state index is 13.4. The predicted octanol–water partition coefficient (Wildman–Crippen LogP) is 5.05. The molecule has 8 heteroatoms. The van der Waals surface area contributed by atoms with Crippen molar-refractivity contribution in [1.82, 2.24) is 14.9 Å². The lowest BCUT2D eigenvalue weighted by Crippen LogP contribution is -2.41. The number of hydrogen-bond donors (Lipinski definition) is 2. The summed E-state index contributed by atoms with van der Waals surface area (Å²) in [6.45, 7) is 4.58. The van der Waals surface area contributed by atoms with Crippen LogP contribution >= 0.6 is 11.8 Å². The number of aromatic nitrogens is 3. The van der Waals surface area contributed by atoms with E-state index >= 15 is 0 Å². The van der Waals surface area contributed by atoms with Crippen LogP contribution in [-0.4, -0.2) is 32.6 Å². The third-order valence-electron chi connectivity index (χ3n) is 5.60. The number of anilines is 1. The van der Waals surface area contributed by atoms with Gasteiger partial charge in [0, 0.05) is 11.3 Å². The van der Waals surface area contributed by atoms with E-state index in [9.17, 15) is 4.79 Å². The number of carbonyl (C=O) groups excluding carboxylic acids is 1. The van der Waals surface area contributed by atoms with Crippen LogP contribution in [-0.2, 0) is 4.79 Å². The molecular formula is C26H25N5O2S. The first-order chi connectivity index (χ1) is 16.6. The molecule has 0 saturated heterocycles. The summed E-state index contributed by atoms with van der Waals surface area (Å²) in [4.78, 5) is 13.4. The van der Waals surface area contributed by atoms with Crippen molar-refractivity contribution in [2.24, 2.45) is 0 Å². The fourth-order valence-electron chi connectivity index (χ4n) is 3.87. The molecule has 0 bridgehead atoms. The van der Waals surface area contributed by atoms with Crippen LogP contribution in [0.15, 0.2) is 84.0 Å². The van der Waals surface area contributed by atoms with Gasteiger partial charge >= 0.3 is 0 Å². The highest BCUT2D eigenvalue weighted by atomic mass is 32.2. The first-order valence-electron chi connectivity index (χ1n) is 11.2. The summed E-state index contributed by atoms with van der Waals surface area (Å²) in [5, 5.41) is 12.0. The highest BCUT2D eigenvalue weighted by molar-refractivity contribution is 8.00. The van der Waals surface area contributed by atoms with Crippen LogP contribution in [0.4, 0.5) is 5.69 Å². The maximum Gasteiger partial charge on any atom is 0.240 e. The number of ether oxygens (including phenoxy) is 1. The molecule has 172 valence electrons. The molecule has 1 aromatic heterocycles. The van der Waals surface area contributed by atoms with Crippen molar-refractivity contribution in [3.8, 4) is 17.1 Å². The highest BCUT2D eigenvalue weighted by Gasteiger charge is 2.38. The average Bonchev–Trinajstić information content (AvgIpc) is 3.29. The molecule has 2 N–H and O–H groups in total. The Morgan fingerprint density at radius 3 is 2.47 bits per heavy atom. The summed E-state index contributed by atoms with van der Waals surface area (Å²) in [7, 11) is 0. The highest BCUT2D eigenvalue weighted by Crippen LogP contribution is 2.39. The molecule has 1 aliphatic rings. The van der Waals surface area contributed by atoms with Crippen molar-refractivity contribution in [3.63, 3.8) is 0 Å². The molecule has 0 aliphatic carbocycles. The van der Waals surface area contributed by atoms with Crippen molar-refractivity contribution in [2.45, 2.75) is 30.3 Å². The van der Waals surface area contributed by atoms with Crippen molar-refractivity contribution in [3.05, 3.63) is 90.0 Å². The van der Waals surface area contributed by atoms with E-state index in [4.69, 9.17) is 4.74 Å². The van der Waals surface area contributed by atoms with E-state index in [1.165, 1.54) is 11.8 Å². The number of nitrogens with zero attached hydrogens (tertiary/aromatic N) is 3. The monoisotopic (exact) mass is 471 g/mol. The first-order valence-corrected chi connectivity index (χ1v) is 12.0. The van der Waals surface area contributed by atoms with E-state index in [1.807, 2.05) is 97.4 Å². The molecule has 34 heavy (non-hydrogen) atoms. The van der Waals surface area contributed by atoms with Gasteiger partial charge in [-0.05, 0) is 43.7 Å². The molecule has 1 amide bonds. The van der Waals surface area contributed by atoms with Gasteiger partial charge in [-0.2, -0.15) is 0 Å². The van der Waals surface area contributed by atoms with Crippen LogP contribution in [0, 0.1) is 6.92 Å². The fraction of sp³-hybridized carbons (Fsp3) is 0.192. The van der Waals surface area contributed by atoms with E-state index in [1.54, 1.807) is 0 Å². The lowest BCUT2D eigenvalue weighted by atomic mass is 10.0. The number of nitrogens with one attached hydrogen (secondary N) is 2. The zero-order chi connectivity index (χ0) is 23.5. The van der Waals surface area contributed by atoms with Crippen LogP contribution in [0.3, 0.4) is 0 Å². The van der Waals surface area contributed by atoms with E-state index < -0.39 is 5.25 Å². The van der Waals surface area contributed by atoms with Gasteiger partial charge in [0.05, 0.1) is 12.6 Å². The molecular weight excluding hydrogens is 446 g/mol. The van der Waals surface area contributed by atoms with Crippen molar-refractivity contribution >= 4 is 23.4 Å². The van der Waals surface area contributed by atoms with Gasteiger partial charge in [-0.15, -0.1) is 10.2 Å². The zero-order valence-corrected chi connectivity index (χ0v) is 19.8. The van der Waals surface area contributed by atoms with Gasteiger partial charge in [-0.1, -0.05) is 71.9 Å². The molecule has 4 aromatic rings. The summed E-state index contributed by atoms with van der Waals surface area (Å²) in [5.74, 6) is 1.40. The minimum absolute atomic E-state index is 0.101. The molecule has 3 aromatic carbocycles. The lowest BCUT2D eigenvalue weighted by Gasteiger charge is -2.33. The number of thioether (sulfide) groups is 1. The Morgan fingerprint density at radius 1 is 1.03 bits per heavy atom. The number of fused-ring (bicyclic) bond motifs is 1. The summed E-state index contributed by atoms with van der Waals surface area (Å²) in [6, 6.07) is 25.2. The van der Waals surface area contributed by atoms with Crippen molar-refractivity contribution in [2.75, 3.05) is 17.3 Å². The predicted molar refractivity (Wildman–Crippen MR) is 135 cm³/mol. The lowest BCUT2D eigenvalue weighted by molar-refractivity contribution is -0.116. The molecule has 0 saturated carbocycles. The minimum atomic E-state index is -0.459. The number of hydrogen-bond acceptors (Lipinski definition) is 6. The summed E-state index contributed by atoms with van der Waals surface area (Å²) in [5.41, 5.74) is 7.33. The molecule has 2 unspecified atom stereocenters. The van der Waals surface area contributed by atoms with E-state index in [-0.39, 0.29) is 11.9 Å². The molecule has 2 heterocycles. The van der Waals surface area contributed by atoms with Crippen LogP contribution in [0.2, 0.25) is 0 Å². The average molecular weight is 472 g/mol. The zero-order valence-electron chi connectivity index (χ0n) is 18.9. The molecule has 1 aliphatic heterocycles. The maximum absolute atomic E-state index is 13.4. The Bertz CT molecular complexity index is 1270. The van der Waals surface area contributed by atoms with Crippen molar-refractivity contribution in [1.29, 1.82) is 0 Å². The Balaban J connectivity index is 1.49. The molecule has 5 rings (SSSR count). The first kappa shape index (κ1) is 22.0. The quantitative estimate of drug-likeness (QED) is 0.410. The Labute approximate surface area is 202 Å². The minimum Gasteiger partial charge on any atom is -0.494 e. The molecule has 0 spiro atoms. The van der Waals surface area contributed by atoms with Crippen LogP contribution in [0.5, 0.6) is 5.75 Å². The van der Waals surface area contributed by atoms with Crippen molar-refractivity contribution < 1.29 is 9.53 Å². The second-order valence-corrected chi connectivity index (χ2v) is 9.12. The standard InChI is InChI=1S/C26H25N5O2S/c1-3-33-21-15-11-18(12-16-21)22-23(25(32)27-20-13-9-17(2)10-14-20)34-26-29-28-24(31(26)30-22)19-7-5-4-6-8-19/h4-16,22-23,30H,3H2,1-2H3,(H,27,32). The molecule has 0 fully saturated rings. The van der Waals surface area contributed by atoms with E-state index in [0.29, 0.717) is 17.6 Å². The Hall–Kier alpha value is -3.78. The SMILES string of the molecule is CCOc1ccc(C2Nn3c(nnc3-c3ccccc3)SC2C(=O)Nc2ccc(C)cc2)cc1. The Kier molecular flexibility index (Phi) is 6.22. The Morgan fingerprint density at radius 2 is 1.76 bits per heavy atom. The van der Waals surface area contributed by atoms with Crippen LogP contribution in [0.1, 0.15) is 24.1 Å². The van der Waals surface area contributed by atoms with Crippen LogP contribution < -0.4 is 15.5 Å². The van der Waals surface area contributed by atoms with Gasteiger partial charge in [0.2, 0.25) is 11.1 Å². The number of benzene rings is 3. The summed E-state index contributed by atoms with van der Waals surface area (Å²) in [6.07, 6.45) is 0. The molecule has 7 nitrogen and oxygen atoms in total. The van der Waals surface area contributed by atoms with Gasteiger partial charge in [-0.25, -0.2) is 4.68 Å². The van der Waals surface area contributed by atoms with Crippen LogP contribution in [0.25, 0.3) is 11.4 Å². The fourth-order valence-corrected chi connectivity index (χ4v) is 4.95. The number of carbonyl (C=O) groups is 1. The third kappa shape index (κ3) is 4.49. The number of aryl methyl sites for hydroxylation is 1. The second kappa shape index (κ2) is 9.61. The van der Waals surface area contributed by atoms with Gasteiger partial charge in [0.15, 0.2) is 5.82 Å². The third-order valence-corrected chi connectivity index (χ3v) is 6.81.